The van der Waals surface area contributed by atoms with Gasteiger partial charge < -0.3 is 15.2 Å². The Labute approximate surface area is 121 Å². The molecule has 1 amide bonds. The number of aromatic carboxylic acids is 1. The van der Waals surface area contributed by atoms with Gasteiger partial charge in [-0.3, -0.25) is 4.79 Å². The van der Waals surface area contributed by atoms with Gasteiger partial charge in [-0.05, 0) is 42.5 Å². The molecule has 0 aromatic heterocycles. The second-order valence-corrected chi connectivity index (χ2v) is 5.82. The van der Waals surface area contributed by atoms with Crippen LogP contribution in [-0.2, 0) is 4.79 Å². The lowest BCUT2D eigenvalue weighted by atomic mass is 10.0. The van der Waals surface area contributed by atoms with E-state index >= 15 is 0 Å². The SMILES string of the molecule is COc1ccc(NC(=O)C2CCSCC2)c(C(=O)O)c1. The molecule has 0 aliphatic carbocycles. The van der Waals surface area contributed by atoms with E-state index in [1.807, 2.05) is 11.8 Å². The number of carboxylic acids is 1. The van der Waals surface area contributed by atoms with E-state index < -0.39 is 5.97 Å². The zero-order chi connectivity index (χ0) is 14.5. The maximum atomic E-state index is 12.2. The van der Waals surface area contributed by atoms with E-state index in [-0.39, 0.29) is 17.4 Å². The van der Waals surface area contributed by atoms with Crippen LogP contribution in [0, 0.1) is 5.92 Å². The predicted octanol–water partition coefficient (Wildman–Crippen LogP) is 2.48. The maximum Gasteiger partial charge on any atom is 0.337 e. The van der Waals surface area contributed by atoms with Gasteiger partial charge in [-0.1, -0.05) is 0 Å². The van der Waals surface area contributed by atoms with Crippen LogP contribution in [0.3, 0.4) is 0 Å². The highest BCUT2D eigenvalue weighted by Gasteiger charge is 2.23. The minimum absolute atomic E-state index is 0.0278. The molecule has 0 saturated carbocycles. The molecule has 0 radical (unpaired) electrons. The summed E-state index contributed by atoms with van der Waals surface area (Å²) in [6, 6.07) is 4.62. The number of anilines is 1. The first kappa shape index (κ1) is 14.7. The van der Waals surface area contributed by atoms with Crippen molar-refractivity contribution < 1.29 is 19.4 Å². The van der Waals surface area contributed by atoms with Crippen LogP contribution >= 0.6 is 11.8 Å². The molecule has 1 aromatic carbocycles. The molecular weight excluding hydrogens is 278 g/mol. The van der Waals surface area contributed by atoms with Crippen LogP contribution in [0.2, 0.25) is 0 Å². The van der Waals surface area contributed by atoms with E-state index in [1.54, 1.807) is 12.1 Å². The average Bonchev–Trinajstić information content (AvgIpc) is 2.48. The maximum absolute atomic E-state index is 12.2. The van der Waals surface area contributed by atoms with Crippen LogP contribution in [0.1, 0.15) is 23.2 Å². The first-order valence-corrected chi connectivity index (χ1v) is 7.57. The standard InChI is InChI=1S/C14H17NO4S/c1-19-10-2-3-12(11(8-10)14(17)18)15-13(16)9-4-6-20-7-5-9/h2-3,8-9H,4-7H2,1H3,(H,15,16)(H,17,18). The zero-order valence-corrected chi connectivity index (χ0v) is 12.0. The van der Waals surface area contributed by atoms with Gasteiger partial charge in [-0.2, -0.15) is 11.8 Å². The summed E-state index contributed by atoms with van der Waals surface area (Å²) in [5.74, 6) is 1.20. The van der Waals surface area contributed by atoms with Crippen molar-refractivity contribution in [2.45, 2.75) is 12.8 Å². The number of carbonyl (C=O) groups excluding carboxylic acids is 1. The molecule has 2 N–H and O–H groups in total. The second-order valence-electron chi connectivity index (χ2n) is 4.59. The molecule has 20 heavy (non-hydrogen) atoms. The lowest BCUT2D eigenvalue weighted by molar-refractivity contribution is -0.120. The van der Waals surface area contributed by atoms with Crippen molar-refractivity contribution in [3.8, 4) is 5.75 Å². The highest BCUT2D eigenvalue weighted by atomic mass is 32.2. The molecule has 2 rings (SSSR count). The number of ether oxygens (including phenoxy) is 1. The van der Waals surface area contributed by atoms with Crippen LogP contribution in [0.15, 0.2) is 18.2 Å². The molecular formula is C14H17NO4S. The topological polar surface area (TPSA) is 75.6 Å². The number of benzene rings is 1. The lowest BCUT2D eigenvalue weighted by Gasteiger charge is -2.21. The van der Waals surface area contributed by atoms with Gasteiger partial charge in [0.15, 0.2) is 0 Å². The van der Waals surface area contributed by atoms with Crippen molar-refractivity contribution in [2.24, 2.45) is 5.92 Å². The van der Waals surface area contributed by atoms with E-state index in [0.717, 1.165) is 24.3 Å². The Bertz CT molecular complexity index is 512. The minimum atomic E-state index is -1.08. The van der Waals surface area contributed by atoms with Crippen LogP contribution in [0.4, 0.5) is 5.69 Å². The Hall–Kier alpha value is -1.69. The van der Waals surface area contributed by atoms with Crippen molar-refractivity contribution in [2.75, 3.05) is 23.9 Å². The van der Waals surface area contributed by atoms with Gasteiger partial charge in [0.05, 0.1) is 18.4 Å². The Balaban J connectivity index is 2.15. The fraction of sp³-hybridized carbons (Fsp3) is 0.429. The number of thioether (sulfide) groups is 1. The third kappa shape index (κ3) is 3.45. The highest BCUT2D eigenvalue weighted by molar-refractivity contribution is 7.99. The summed E-state index contributed by atoms with van der Waals surface area (Å²) in [4.78, 5) is 23.4. The van der Waals surface area contributed by atoms with Crippen molar-refractivity contribution >= 4 is 29.3 Å². The predicted molar refractivity (Wildman–Crippen MR) is 78.6 cm³/mol. The van der Waals surface area contributed by atoms with Crippen LogP contribution in [-0.4, -0.2) is 35.6 Å². The van der Waals surface area contributed by atoms with E-state index in [9.17, 15) is 14.7 Å². The molecule has 1 saturated heterocycles. The average molecular weight is 295 g/mol. The number of hydrogen-bond acceptors (Lipinski definition) is 4. The Kier molecular flexibility index (Phi) is 4.89. The van der Waals surface area contributed by atoms with Gasteiger partial charge in [0.1, 0.15) is 5.75 Å². The third-order valence-corrected chi connectivity index (χ3v) is 4.36. The van der Waals surface area contributed by atoms with Gasteiger partial charge >= 0.3 is 5.97 Å². The van der Waals surface area contributed by atoms with Crippen LogP contribution in [0.5, 0.6) is 5.75 Å². The molecule has 0 spiro atoms. The number of rotatable bonds is 4. The molecule has 1 heterocycles. The van der Waals surface area contributed by atoms with E-state index in [0.29, 0.717) is 11.4 Å². The van der Waals surface area contributed by atoms with Gasteiger partial charge in [0.25, 0.3) is 0 Å². The van der Waals surface area contributed by atoms with Crippen LogP contribution in [0.25, 0.3) is 0 Å². The summed E-state index contributed by atoms with van der Waals surface area (Å²) < 4.78 is 5.00. The normalized spacial score (nSPS) is 15.7. The second kappa shape index (κ2) is 6.65. The largest absolute Gasteiger partial charge is 0.497 e. The van der Waals surface area contributed by atoms with Crippen molar-refractivity contribution in [1.82, 2.24) is 0 Å². The van der Waals surface area contributed by atoms with Crippen molar-refractivity contribution in [3.05, 3.63) is 23.8 Å². The summed E-state index contributed by atoms with van der Waals surface area (Å²) in [7, 11) is 1.47. The number of nitrogens with one attached hydrogen (secondary N) is 1. The highest BCUT2D eigenvalue weighted by Crippen LogP contribution is 2.26. The number of carbonyl (C=O) groups is 2. The fourth-order valence-electron chi connectivity index (χ4n) is 2.13. The zero-order valence-electron chi connectivity index (χ0n) is 11.2. The van der Waals surface area contributed by atoms with E-state index in [2.05, 4.69) is 5.32 Å². The molecule has 1 aromatic rings. The minimum Gasteiger partial charge on any atom is -0.497 e. The summed E-state index contributed by atoms with van der Waals surface area (Å²) in [5, 5.41) is 11.9. The molecule has 108 valence electrons. The third-order valence-electron chi connectivity index (χ3n) is 3.31. The summed E-state index contributed by atoms with van der Waals surface area (Å²) in [6.45, 7) is 0. The van der Waals surface area contributed by atoms with Crippen molar-refractivity contribution in [1.29, 1.82) is 0 Å². The molecule has 1 aliphatic heterocycles. The van der Waals surface area contributed by atoms with Gasteiger partial charge in [0, 0.05) is 5.92 Å². The smallest absolute Gasteiger partial charge is 0.337 e. The molecule has 0 bridgehead atoms. The summed E-state index contributed by atoms with van der Waals surface area (Å²) >= 11 is 1.84. The first-order chi connectivity index (χ1) is 9.61. The number of hydrogen-bond donors (Lipinski definition) is 2. The Morgan fingerprint density at radius 2 is 2.05 bits per heavy atom. The Morgan fingerprint density at radius 1 is 1.35 bits per heavy atom. The van der Waals surface area contributed by atoms with Gasteiger partial charge in [0.2, 0.25) is 5.91 Å². The van der Waals surface area contributed by atoms with Crippen molar-refractivity contribution in [3.63, 3.8) is 0 Å². The van der Waals surface area contributed by atoms with E-state index in [1.165, 1.54) is 13.2 Å². The monoisotopic (exact) mass is 295 g/mol. The molecule has 5 nitrogen and oxygen atoms in total. The number of methoxy groups -OCH3 is 1. The summed E-state index contributed by atoms with van der Waals surface area (Å²) in [5.41, 5.74) is 0.365. The molecule has 1 aliphatic rings. The first-order valence-electron chi connectivity index (χ1n) is 6.41. The van der Waals surface area contributed by atoms with E-state index in [4.69, 9.17) is 4.74 Å². The molecule has 6 heteroatoms. The van der Waals surface area contributed by atoms with Gasteiger partial charge in [-0.15, -0.1) is 0 Å². The number of amides is 1. The summed E-state index contributed by atoms with van der Waals surface area (Å²) in [6.07, 6.45) is 1.68. The van der Waals surface area contributed by atoms with Gasteiger partial charge in [-0.25, -0.2) is 4.79 Å². The van der Waals surface area contributed by atoms with Crippen LogP contribution < -0.4 is 10.1 Å². The lowest BCUT2D eigenvalue weighted by Crippen LogP contribution is -2.27. The quantitative estimate of drug-likeness (QED) is 0.892. The number of carboxylic acid groups (broad SMARTS) is 1. The Morgan fingerprint density at radius 3 is 2.65 bits per heavy atom. The molecule has 0 atom stereocenters. The fourth-order valence-corrected chi connectivity index (χ4v) is 3.24. The molecule has 1 fully saturated rings. The molecule has 0 unspecified atom stereocenters.